The minimum atomic E-state index is -0.354. The molecule has 0 saturated carbocycles. The maximum absolute atomic E-state index is 12.3. The van der Waals surface area contributed by atoms with Crippen molar-refractivity contribution >= 4 is 28.3 Å². The van der Waals surface area contributed by atoms with Gasteiger partial charge in [0.25, 0.3) is 5.91 Å². The molecule has 0 saturated heterocycles. The number of nitrogens with one attached hydrogen (secondary N) is 1. The van der Waals surface area contributed by atoms with Gasteiger partial charge in [-0.25, -0.2) is 0 Å². The SMILES string of the molecule is CC(=O)NC(=O)/C(=C(\C)c1cnc2ccccc2c1)C(C)C. The number of carbonyl (C=O) groups is 2. The van der Waals surface area contributed by atoms with Gasteiger partial charge in [-0.15, -0.1) is 0 Å². The van der Waals surface area contributed by atoms with Gasteiger partial charge < -0.3 is 0 Å². The molecule has 0 atom stereocenters. The summed E-state index contributed by atoms with van der Waals surface area (Å²) in [6.45, 7) is 7.10. The Labute approximate surface area is 130 Å². The summed E-state index contributed by atoms with van der Waals surface area (Å²) in [4.78, 5) is 27.8. The van der Waals surface area contributed by atoms with Crippen molar-refractivity contribution in [2.75, 3.05) is 0 Å². The summed E-state index contributed by atoms with van der Waals surface area (Å²) in [5.74, 6) is -0.688. The molecule has 0 aliphatic heterocycles. The van der Waals surface area contributed by atoms with Crippen LogP contribution in [-0.2, 0) is 9.59 Å². The Balaban J connectivity index is 2.52. The molecule has 0 spiro atoms. The van der Waals surface area contributed by atoms with E-state index in [0.29, 0.717) is 5.57 Å². The predicted octanol–water partition coefficient (Wildman–Crippen LogP) is 3.33. The second-order valence-electron chi connectivity index (χ2n) is 5.62. The molecular formula is C18H20N2O2. The smallest absolute Gasteiger partial charge is 0.254 e. The van der Waals surface area contributed by atoms with Crippen LogP contribution in [0, 0.1) is 5.92 Å². The van der Waals surface area contributed by atoms with Crippen molar-refractivity contribution in [2.24, 2.45) is 5.92 Å². The lowest BCUT2D eigenvalue weighted by atomic mass is 9.93. The highest BCUT2D eigenvalue weighted by atomic mass is 16.2. The van der Waals surface area contributed by atoms with Crippen LogP contribution in [-0.4, -0.2) is 16.8 Å². The zero-order valence-electron chi connectivity index (χ0n) is 13.3. The van der Waals surface area contributed by atoms with Crippen LogP contribution in [0.1, 0.15) is 33.3 Å². The Hall–Kier alpha value is -2.49. The highest BCUT2D eigenvalue weighted by Crippen LogP contribution is 2.25. The van der Waals surface area contributed by atoms with Gasteiger partial charge >= 0.3 is 0 Å². The lowest BCUT2D eigenvalue weighted by Crippen LogP contribution is -2.31. The number of hydrogen-bond acceptors (Lipinski definition) is 3. The fourth-order valence-electron chi connectivity index (χ4n) is 2.52. The van der Waals surface area contributed by atoms with E-state index in [1.807, 2.05) is 51.1 Å². The normalized spacial score (nSPS) is 12.2. The van der Waals surface area contributed by atoms with Crippen LogP contribution >= 0.6 is 0 Å². The molecule has 4 heteroatoms. The maximum atomic E-state index is 12.3. The highest BCUT2D eigenvalue weighted by Gasteiger charge is 2.18. The Kier molecular flexibility index (Phi) is 4.71. The summed E-state index contributed by atoms with van der Waals surface area (Å²) < 4.78 is 0. The maximum Gasteiger partial charge on any atom is 0.254 e. The summed E-state index contributed by atoms with van der Waals surface area (Å²) in [5, 5.41) is 3.38. The number of aromatic nitrogens is 1. The molecule has 0 radical (unpaired) electrons. The van der Waals surface area contributed by atoms with Gasteiger partial charge in [0.15, 0.2) is 0 Å². The monoisotopic (exact) mass is 296 g/mol. The first kappa shape index (κ1) is 15.9. The minimum Gasteiger partial charge on any atom is -0.293 e. The number of pyridine rings is 1. The van der Waals surface area contributed by atoms with Crippen LogP contribution in [0.25, 0.3) is 16.5 Å². The Morgan fingerprint density at radius 2 is 1.82 bits per heavy atom. The first-order valence-corrected chi connectivity index (χ1v) is 7.28. The Bertz CT molecular complexity index is 761. The topological polar surface area (TPSA) is 59.1 Å². The van der Waals surface area contributed by atoms with E-state index in [1.54, 1.807) is 6.20 Å². The molecule has 0 bridgehead atoms. The zero-order chi connectivity index (χ0) is 16.3. The molecule has 0 aliphatic rings. The van der Waals surface area contributed by atoms with Crippen molar-refractivity contribution in [3.05, 3.63) is 47.7 Å². The number of carbonyl (C=O) groups excluding carboxylic acids is 2. The van der Waals surface area contributed by atoms with Gasteiger partial charge in [-0.3, -0.25) is 19.9 Å². The largest absolute Gasteiger partial charge is 0.293 e. The summed E-state index contributed by atoms with van der Waals surface area (Å²) in [6, 6.07) is 9.85. The van der Waals surface area contributed by atoms with Crippen LogP contribution in [0.2, 0.25) is 0 Å². The number of fused-ring (bicyclic) bond motifs is 1. The number of para-hydroxylation sites is 1. The zero-order valence-corrected chi connectivity index (χ0v) is 13.3. The van der Waals surface area contributed by atoms with E-state index in [2.05, 4.69) is 10.3 Å². The van der Waals surface area contributed by atoms with Gasteiger partial charge in [0.2, 0.25) is 5.91 Å². The lowest BCUT2D eigenvalue weighted by molar-refractivity contribution is -0.127. The van der Waals surface area contributed by atoms with E-state index >= 15 is 0 Å². The van der Waals surface area contributed by atoms with Crippen LogP contribution in [0.4, 0.5) is 0 Å². The first-order valence-electron chi connectivity index (χ1n) is 7.28. The van der Waals surface area contributed by atoms with Crippen molar-refractivity contribution in [3.8, 4) is 0 Å². The van der Waals surface area contributed by atoms with E-state index in [4.69, 9.17) is 0 Å². The van der Waals surface area contributed by atoms with Crippen LogP contribution < -0.4 is 5.32 Å². The minimum absolute atomic E-state index is 0.00539. The molecule has 1 N–H and O–H groups in total. The van der Waals surface area contributed by atoms with Crippen molar-refractivity contribution in [1.29, 1.82) is 0 Å². The molecular weight excluding hydrogens is 276 g/mol. The molecule has 4 nitrogen and oxygen atoms in total. The highest BCUT2D eigenvalue weighted by molar-refractivity contribution is 6.08. The molecule has 2 amide bonds. The fraction of sp³-hybridized carbons (Fsp3) is 0.278. The Morgan fingerprint density at radius 1 is 1.14 bits per heavy atom. The average molecular weight is 296 g/mol. The molecule has 0 fully saturated rings. The van der Waals surface area contributed by atoms with E-state index in [9.17, 15) is 9.59 Å². The fourth-order valence-corrected chi connectivity index (χ4v) is 2.52. The molecule has 22 heavy (non-hydrogen) atoms. The third-order valence-electron chi connectivity index (χ3n) is 3.54. The molecule has 0 aliphatic carbocycles. The summed E-state index contributed by atoms with van der Waals surface area (Å²) >= 11 is 0. The van der Waals surface area contributed by atoms with E-state index in [1.165, 1.54) is 6.92 Å². The number of hydrogen-bond donors (Lipinski definition) is 1. The summed E-state index contributed by atoms with van der Waals surface area (Å²) in [7, 11) is 0. The Morgan fingerprint density at radius 3 is 2.45 bits per heavy atom. The van der Waals surface area contributed by atoms with Gasteiger partial charge in [0.05, 0.1) is 5.52 Å². The average Bonchev–Trinajstić information content (AvgIpc) is 2.45. The van der Waals surface area contributed by atoms with E-state index in [0.717, 1.165) is 22.0 Å². The summed E-state index contributed by atoms with van der Waals surface area (Å²) in [6.07, 6.45) is 1.76. The molecule has 114 valence electrons. The van der Waals surface area contributed by atoms with Crippen LogP contribution in [0.15, 0.2) is 42.1 Å². The van der Waals surface area contributed by atoms with E-state index in [-0.39, 0.29) is 17.7 Å². The van der Waals surface area contributed by atoms with Gasteiger partial charge in [0, 0.05) is 24.1 Å². The molecule has 1 heterocycles. The van der Waals surface area contributed by atoms with Crippen molar-refractivity contribution in [1.82, 2.24) is 10.3 Å². The molecule has 2 aromatic rings. The van der Waals surface area contributed by atoms with Crippen molar-refractivity contribution in [3.63, 3.8) is 0 Å². The van der Waals surface area contributed by atoms with Gasteiger partial charge in [-0.2, -0.15) is 0 Å². The number of rotatable bonds is 3. The van der Waals surface area contributed by atoms with Gasteiger partial charge in [-0.1, -0.05) is 32.0 Å². The lowest BCUT2D eigenvalue weighted by Gasteiger charge is -2.15. The van der Waals surface area contributed by atoms with Gasteiger partial charge in [-0.05, 0) is 36.1 Å². The van der Waals surface area contributed by atoms with Crippen molar-refractivity contribution < 1.29 is 9.59 Å². The number of allylic oxidation sites excluding steroid dienone is 1. The number of imide groups is 1. The quantitative estimate of drug-likeness (QED) is 0.884. The standard InChI is InChI=1S/C18H20N2O2/c1-11(2)17(18(22)20-13(4)21)12(3)15-9-14-7-5-6-8-16(14)19-10-15/h5-11H,1-4H3,(H,20,21,22)/b17-12+. The number of benzene rings is 1. The summed E-state index contributed by atoms with van der Waals surface area (Å²) in [5.41, 5.74) is 3.25. The number of nitrogens with zero attached hydrogens (tertiary/aromatic N) is 1. The van der Waals surface area contributed by atoms with E-state index < -0.39 is 0 Å². The van der Waals surface area contributed by atoms with Gasteiger partial charge in [0.1, 0.15) is 0 Å². The van der Waals surface area contributed by atoms with Crippen LogP contribution in [0.5, 0.6) is 0 Å². The van der Waals surface area contributed by atoms with Crippen molar-refractivity contribution in [2.45, 2.75) is 27.7 Å². The molecule has 0 unspecified atom stereocenters. The molecule has 1 aromatic carbocycles. The predicted molar refractivity (Wildman–Crippen MR) is 88.0 cm³/mol. The molecule has 1 aromatic heterocycles. The third kappa shape index (κ3) is 3.39. The van der Waals surface area contributed by atoms with Crippen LogP contribution in [0.3, 0.4) is 0 Å². The second kappa shape index (κ2) is 6.52. The first-order chi connectivity index (χ1) is 10.4. The second-order valence-corrected chi connectivity index (χ2v) is 5.62. The number of amides is 2. The third-order valence-corrected chi connectivity index (χ3v) is 3.54. The molecule has 2 rings (SSSR count).